The number of nitrogens with one attached hydrogen (secondary N) is 2. The van der Waals surface area contributed by atoms with E-state index in [1.165, 1.54) is 21.0 Å². The highest BCUT2D eigenvalue weighted by Crippen LogP contribution is 2.29. The molecule has 15 nitrogen and oxygen atoms in total. The summed E-state index contributed by atoms with van der Waals surface area (Å²) < 4.78 is 22.1. The Morgan fingerprint density at radius 2 is 1.28 bits per heavy atom. The second-order valence-corrected chi connectivity index (χ2v) is 8.85. The Labute approximate surface area is 207 Å². The summed E-state index contributed by atoms with van der Waals surface area (Å²) in [5.74, 6) is -1.70. The molecular weight excluding hydrogens is 488 g/mol. The Bertz CT molecular complexity index is 715. The van der Waals surface area contributed by atoms with Crippen molar-refractivity contribution in [3.05, 3.63) is 0 Å². The standard InChI is InChI=1S/C21H38N2O13/c1-8-12(22-18(30)10(26)4-6-24)14(28)16(20(32)34-8)36-21-17(33-3)15(29)13(9(2)35-21)23-19(31)11(27)5-7-25/h8-17,20-21,24-29,32H,4-7H2,1-3H3,(H,22,30)(H,23,31)/t8-,9-,10-,11-,12-,13-,14+,15+,16+,17+,20+,21-/m1/s1. The summed E-state index contributed by atoms with van der Waals surface area (Å²) in [7, 11) is 1.24. The molecule has 2 aliphatic rings. The van der Waals surface area contributed by atoms with Crippen LogP contribution in [-0.2, 0) is 28.5 Å². The number of aliphatic hydroxyl groups is 7. The molecule has 15 heteroatoms. The van der Waals surface area contributed by atoms with Crippen LogP contribution in [0.2, 0.25) is 0 Å². The molecule has 36 heavy (non-hydrogen) atoms. The van der Waals surface area contributed by atoms with Crippen molar-refractivity contribution in [2.75, 3.05) is 20.3 Å². The van der Waals surface area contributed by atoms with E-state index in [2.05, 4.69) is 10.6 Å². The van der Waals surface area contributed by atoms with Gasteiger partial charge in [-0.2, -0.15) is 0 Å². The van der Waals surface area contributed by atoms with E-state index in [0.29, 0.717) is 0 Å². The molecule has 0 aromatic rings. The Kier molecular flexibility index (Phi) is 11.8. The van der Waals surface area contributed by atoms with Gasteiger partial charge in [0, 0.05) is 33.2 Å². The number of hydrogen-bond donors (Lipinski definition) is 9. The first-order valence-corrected chi connectivity index (χ1v) is 11.7. The van der Waals surface area contributed by atoms with Crippen molar-refractivity contribution in [2.24, 2.45) is 0 Å². The fourth-order valence-corrected chi connectivity index (χ4v) is 4.15. The van der Waals surface area contributed by atoms with Crippen LogP contribution < -0.4 is 10.6 Å². The minimum Gasteiger partial charge on any atom is -0.396 e. The summed E-state index contributed by atoms with van der Waals surface area (Å²) in [5.41, 5.74) is 0. The van der Waals surface area contributed by atoms with Crippen molar-refractivity contribution < 1.29 is 64.3 Å². The monoisotopic (exact) mass is 526 g/mol. The Balaban J connectivity index is 2.12. The molecule has 2 saturated heterocycles. The quantitative estimate of drug-likeness (QED) is 0.123. The van der Waals surface area contributed by atoms with Gasteiger partial charge in [-0.15, -0.1) is 0 Å². The summed E-state index contributed by atoms with van der Waals surface area (Å²) in [4.78, 5) is 24.3. The molecule has 12 atom stereocenters. The van der Waals surface area contributed by atoms with Gasteiger partial charge < -0.3 is 65.3 Å². The molecule has 0 radical (unpaired) electrons. The van der Waals surface area contributed by atoms with Crippen LogP contribution >= 0.6 is 0 Å². The molecule has 2 aliphatic heterocycles. The molecule has 210 valence electrons. The Hall–Kier alpha value is -1.50. The van der Waals surface area contributed by atoms with E-state index in [1.807, 2.05) is 0 Å². The van der Waals surface area contributed by atoms with Crippen LogP contribution in [-0.4, -0.2) is 141 Å². The van der Waals surface area contributed by atoms with E-state index in [4.69, 9.17) is 29.2 Å². The van der Waals surface area contributed by atoms with Crippen LogP contribution in [0.3, 0.4) is 0 Å². The largest absolute Gasteiger partial charge is 0.396 e. The maximum absolute atomic E-state index is 12.2. The number of carbonyl (C=O) groups is 2. The maximum atomic E-state index is 12.2. The number of carbonyl (C=O) groups excluding carboxylic acids is 2. The maximum Gasteiger partial charge on any atom is 0.249 e. The zero-order valence-corrected chi connectivity index (χ0v) is 20.3. The normalized spacial score (nSPS) is 38.7. The SMILES string of the molecule is CO[C@@H]1[C@@H](O[C@H]2[C@@H](O)[C@H](NC(=O)[C@H](O)CCO)[C@@H](C)O[C@@H]2O)O[C@H](C)[C@@H](NC(=O)[C@H](O)CCO)[C@@H]1O. The lowest BCUT2D eigenvalue weighted by molar-refractivity contribution is -0.341. The molecule has 2 fully saturated rings. The van der Waals surface area contributed by atoms with Gasteiger partial charge in [0.25, 0.3) is 0 Å². The van der Waals surface area contributed by atoms with E-state index < -0.39 is 98.5 Å². The van der Waals surface area contributed by atoms with Gasteiger partial charge in [-0.1, -0.05) is 0 Å². The summed E-state index contributed by atoms with van der Waals surface area (Å²) in [6.45, 7) is 2.13. The van der Waals surface area contributed by atoms with Crippen LogP contribution in [0.25, 0.3) is 0 Å². The predicted molar refractivity (Wildman–Crippen MR) is 118 cm³/mol. The van der Waals surface area contributed by atoms with E-state index in [0.717, 1.165) is 0 Å². The highest BCUT2D eigenvalue weighted by Gasteiger charge is 2.50. The first-order valence-electron chi connectivity index (χ1n) is 11.7. The van der Waals surface area contributed by atoms with Crippen LogP contribution in [0.4, 0.5) is 0 Å². The average molecular weight is 527 g/mol. The molecule has 0 spiro atoms. The topological polar surface area (TPSA) is 237 Å². The van der Waals surface area contributed by atoms with Gasteiger partial charge in [0.2, 0.25) is 11.8 Å². The fraction of sp³-hybridized carbons (Fsp3) is 0.905. The molecular formula is C21H38N2O13. The molecule has 0 unspecified atom stereocenters. The zero-order valence-electron chi connectivity index (χ0n) is 20.3. The highest BCUT2D eigenvalue weighted by molar-refractivity contribution is 5.81. The van der Waals surface area contributed by atoms with E-state index in [9.17, 15) is 35.1 Å². The highest BCUT2D eigenvalue weighted by atomic mass is 16.7. The molecule has 0 aromatic carbocycles. The molecule has 0 bridgehead atoms. The van der Waals surface area contributed by atoms with Crippen LogP contribution in [0.15, 0.2) is 0 Å². The average Bonchev–Trinajstić information content (AvgIpc) is 2.82. The van der Waals surface area contributed by atoms with E-state index >= 15 is 0 Å². The van der Waals surface area contributed by atoms with Crippen molar-refractivity contribution in [1.82, 2.24) is 10.6 Å². The first-order chi connectivity index (χ1) is 17.0. The van der Waals surface area contributed by atoms with Crippen molar-refractivity contribution in [3.8, 4) is 0 Å². The number of ether oxygens (including phenoxy) is 4. The van der Waals surface area contributed by atoms with Crippen molar-refractivity contribution >= 4 is 11.8 Å². The number of hydrogen-bond acceptors (Lipinski definition) is 13. The number of methoxy groups -OCH3 is 1. The smallest absolute Gasteiger partial charge is 0.249 e. The van der Waals surface area contributed by atoms with Gasteiger partial charge in [-0.3, -0.25) is 9.59 Å². The number of amides is 2. The number of rotatable bonds is 11. The minimum absolute atomic E-state index is 0.200. The van der Waals surface area contributed by atoms with Gasteiger partial charge in [-0.25, -0.2) is 0 Å². The van der Waals surface area contributed by atoms with Crippen LogP contribution in [0, 0.1) is 0 Å². The summed E-state index contributed by atoms with van der Waals surface area (Å²) in [5, 5.41) is 74.3. The second-order valence-electron chi connectivity index (χ2n) is 8.85. The predicted octanol–water partition coefficient (Wildman–Crippen LogP) is -4.95. The lowest BCUT2D eigenvalue weighted by atomic mass is 9.94. The molecule has 0 aliphatic carbocycles. The third kappa shape index (κ3) is 7.29. The number of aliphatic hydroxyl groups excluding tert-OH is 7. The Morgan fingerprint density at radius 1 is 0.833 bits per heavy atom. The Morgan fingerprint density at radius 3 is 1.72 bits per heavy atom. The first kappa shape index (κ1) is 30.7. The third-order valence-electron chi connectivity index (χ3n) is 6.26. The van der Waals surface area contributed by atoms with Gasteiger partial charge in [0.1, 0.15) is 36.6 Å². The summed E-state index contributed by atoms with van der Waals surface area (Å²) in [6, 6.07) is -2.15. The zero-order chi connectivity index (χ0) is 27.2. The second kappa shape index (κ2) is 13.9. The summed E-state index contributed by atoms with van der Waals surface area (Å²) in [6.07, 6.45) is -13.9. The van der Waals surface area contributed by atoms with Crippen molar-refractivity contribution in [1.29, 1.82) is 0 Å². The van der Waals surface area contributed by atoms with Gasteiger partial charge in [0.15, 0.2) is 12.6 Å². The van der Waals surface area contributed by atoms with Gasteiger partial charge >= 0.3 is 0 Å². The molecule has 0 saturated carbocycles. The van der Waals surface area contributed by atoms with E-state index in [-0.39, 0.29) is 12.8 Å². The molecule has 2 rings (SSSR count). The lowest BCUT2D eigenvalue weighted by Gasteiger charge is -2.47. The van der Waals surface area contributed by atoms with Crippen molar-refractivity contribution in [2.45, 2.75) is 100 Å². The van der Waals surface area contributed by atoms with Crippen LogP contribution in [0.5, 0.6) is 0 Å². The van der Waals surface area contributed by atoms with Crippen molar-refractivity contribution in [3.63, 3.8) is 0 Å². The van der Waals surface area contributed by atoms with Crippen LogP contribution in [0.1, 0.15) is 26.7 Å². The van der Waals surface area contributed by atoms with Gasteiger partial charge in [0.05, 0.1) is 24.3 Å². The lowest BCUT2D eigenvalue weighted by Crippen LogP contribution is -2.68. The summed E-state index contributed by atoms with van der Waals surface area (Å²) >= 11 is 0. The van der Waals surface area contributed by atoms with Gasteiger partial charge in [-0.05, 0) is 13.8 Å². The molecule has 2 amide bonds. The fourth-order valence-electron chi connectivity index (χ4n) is 4.15. The molecule has 0 aromatic heterocycles. The molecule has 2 heterocycles. The van der Waals surface area contributed by atoms with E-state index in [1.54, 1.807) is 0 Å². The minimum atomic E-state index is -1.66. The molecule has 9 N–H and O–H groups in total. The third-order valence-corrected chi connectivity index (χ3v) is 6.26.